The Morgan fingerprint density at radius 1 is 1.30 bits per heavy atom. The van der Waals surface area contributed by atoms with E-state index in [1.165, 1.54) is 18.4 Å². The summed E-state index contributed by atoms with van der Waals surface area (Å²) in [4.78, 5) is 2.13. The molecule has 20 heavy (non-hydrogen) atoms. The van der Waals surface area contributed by atoms with Crippen molar-refractivity contribution in [2.24, 2.45) is 0 Å². The summed E-state index contributed by atoms with van der Waals surface area (Å²) in [5, 5.41) is 4.30. The van der Waals surface area contributed by atoms with E-state index in [0.29, 0.717) is 0 Å². The van der Waals surface area contributed by atoms with Crippen molar-refractivity contribution in [1.82, 2.24) is 5.32 Å². The lowest BCUT2D eigenvalue weighted by atomic mass is 10.2. The van der Waals surface area contributed by atoms with Gasteiger partial charge in [-0.15, -0.1) is 0 Å². The first-order chi connectivity index (χ1) is 9.72. The fraction of sp³-hybridized carbons (Fsp3) is 0.375. The van der Waals surface area contributed by atoms with Crippen molar-refractivity contribution in [2.45, 2.75) is 32.0 Å². The Balaban J connectivity index is 1.66. The molecule has 1 aliphatic carbocycles. The van der Waals surface area contributed by atoms with Gasteiger partial charge in [-0.3, -0.25) is 0 Å². The highest BCUT2D eigenvalue weighted by Crippen LogP contribution is 2.28. The van der Waals surface area contributed by atoms with Crippen molar-refractivity contribution in [3.63, 3.8) is 0 Å². The lowest BCUT2D eigenvalue weighted by Crippen LogP contribution is -2.17. The van der Waals surface area contributed by atoms with Crippen LogP contribution in [-0.4, -0.2) is 13.1 Å². The summed E-state index contributed by atoms with van der Waals surface area (Å²) in [5.41, 5.74) is 3.42. The minimum absolute atomic E-state index is 0.720. The molecule has 2 aromatic rings. The van der Waals surface area contributed by atoms with Crippen LogP contribution < -0.4 is 10.2 Å². The van der Waals surface area contributed by atoms with Crippen molar-refractivity contribution < 1.29 is 4.42 Å². The number of hydrogen-bond donors (Lipinski definition) is 1. The topological polar surface area (TPSA) is 28.4 Å². The average molecular weight is 291 g/mol. The molecule has 1 N–H and O–H groups in total. The molecule has 1 fully saturated rings. The maximum atomic E-state index is 6.40. The van der Waals surface area contributed by atoms with Gasteiger partial charge >= 0.3 is 0 Å². The van der Waals surface area contributed by atoms with Crippen LogP contribution in [0.5, 0.6) is 0 Å². The van der Waals surface area contributed by atoms with E-state index in [-0.39, 0.29) is 0 Å². The van der Waals surface area contributed by atoms with E-state index in [0.717, 1.165) is 35.4 Å². The Morgan fingerprint density at radius 3 is 2.80 bits per heavy atom. The second-order valence-corrected chi connectivity index (χ2v) is 5.84. The van der Waals surface area contributed by atoms with Crippen LogP contribution >= 0.6 is 11.6 Å². The van der Waals surface area contributed by atoms with Crippen molar-refractivity contribution in [2.75, 3.05) is 11.9 Å². The van der Waals surface area contributed by atoms with E-state index >= 15 is 0 Å². The lowest BCUT2D eigenvalue weighted by Gasteiger charge is -2.20. The summed E-state index contributed by atoms with van der Waals surface area (Å²) in [7, 11) is 2.04. The highest BCUT2D eigenvalue weighted by Gasteiger charge is 2.20. The highest BCUT2D eigenvalue weighted by molar-refractivity contribution is 6.33. The molecule has 0 saturated heterocycles. The Hall–Kier alpha value is -1.45. The van der Waals surface area contributed by atoms with Crippen LogP contribution in [0.4, 0.5) is 5.69 Å². The van der Waals surface area contributed by atoms with Gasteiger partial charge in [-0.05, 0) is 36.6 Å². The van der Waals surface area contributed by atoms with Crippen molar-refractivity contribution in [3.05, 3.63) is 52.9 Å². The second kappa shape index (κ2) is 5.90. The summed E-state index contributed by atoms with van der Waals surface area (Å²) in [6, 6.07) is 8.97. The average Bonchev–Trinajstić information content (AvgIpc) is 3.13. The number of anilines is 1. The van der Waals surface area contributed by atoms with E-state index in [9.17, 15) is 0 Å². The SMILES string of the molecule is CN(Cc1ccoc1)c1ccc(CNC2CC2)cc1Cl. The van der Waals surface area contributed by atoms with Gasteiger partial charge in [0, 0.05) is 31.7 Å². The van der Waals surface area contributed by atoms with Gasteiger partial charge in [0.25, 0.3) is 0 Å². The molecule has 0 aliphatic heterocycles. The van der Waals surface area contributed by atoms with E-state index in [2.05, 4.69) is 28.4 Å². The Labute approximate surface area is 124 Å². The predicted octanol–water partition coefficient (Wildman–Crippen LogP) is 3.82. The Kier molecular flexibility index (Phi) is 3.99. The van der Waals surface area contributed by atoms with Crippen LogP contribution in [0.3, 0.4) is 0 Å². The molecule has 3 rings (SSSR count). The van der Waals surface area contributed by atoms with Gasteiger partial charge in [0.05, 0.1) is 23.2 Å². The number of furan rings is 1. The second-order valence-electron chi connectivity index (χ2n) is 5.43. The molecular weight excluding hydrogens is 272 g/mol. The minimum atomic E-state index is 0.720. The standard InChI is InChI=1S/C16H19ClN2O/c1-19(10-13-6-7-20-11-13)16-5-2-12(8-15(16)17)9-18-14-3-4-14/h2,5-8,11,14,18H,3-4,9-10H2,1H3. The smallest absolute Gasteiger partial charge is 0.0952 e. The number of benzene rings is 1. The fourth-order valence-corrected chi connectivity index (χ4v) is 2.61. The van der Waals surface area contributed by atoms with Gasteiger partial charge in [-0.25, -0.2) is 0 Å². The Bertz CT molecular complexity index is 564. The molecule has 3 nitrogen and oxygen atoms in total. The number of halogens is 1. The maximum Gasteiger partial charge on any atom is 0.0952 e. The molecule has 1 aromatic carbocycles. The van der Waals surface area contributed by atoms with Gasteiger partial charge in [0.2, 0.25) is 0 Å². The van der Waals surface area contributed by atoms with Crippen LogP contribution in [0.15, 0.2) is 41.2 Å². The number of rotatable bonds is 6. The molecule has 1 aliphatic rings. The molecule has 106 valence electrons. The van der Waals surface area contributed by atoms with E-state index in [1.807, 2.05) is 13.1 Å². The molecule has 1 saturated carbocycles. The first kappa shape index (κ1) is 13.5. The first-order valence-corrected chi connectivity index (χ1v) is 7.34. The summed E-state index contributed by atoms with van der Waals surface area (Å²) < 4.78 is 5.09. The molecule has 0 atom stereocenters. The first-order valence-electron chi connectivity index (χ1n) is 6.96. The quantitative estimate of drug-likeness (QED) is 0.877. The fourth-order valence-electron chi connectivity index (χ4n) is 2.26. The summed E-state index contributed by atoms with van der Waals surface area (Å²) in [6.07, 6.45) is 6.06. The molecular formula is C16H19ClN2O. The van der Waals surface area contributed by atoms with Crippen molar-refractivity contribution >= 4 is 17.3 Å². The molecule has 0 bridgehead atoms. The normalized spacial score (nSPS) is 14.5. The molecule has 0 spiro atoms. The zero-order valence-corrected chi connectivity index (χ0v) is 12.4. The molecule has 0 amide bonds. The summed E-state index contributed by atoms with van der Waals surface area (Å²) in [6.45, 7) is 1.69. The van der Waals surface area contributed by atoms with Crippen LogP contribution in [0.2, 0.25) is 5.02 Å². The third kappa shape index (κ3) is 3.35. The van der Waals surface area contributed by atoms with E-state index in [1.54, 1.807) is 12.5 Å². The van der Waals surface area contributed by atoms with Gasteiger partial charge in [-0.2, -0.15) is 0 Å². The van der Waals surface area contributed by atoms with Crippen LogP contribution in [0.1, 0.15) is 24.0 Å². The zero-order valence-electron chi connectivity index (χ0n) is 11.6. The van der Waals surface area contributed by atoms with Gasteiger partial charge < -0.3 is 14.6 Å². The minimum Gasteiger partial charge on any atom is -0.472 e. The number of hydrogen-bond acceptors (Lipinski definition) is 3. The summed E-state index contributed by atoms with van der Waals surface area (Å²) >= 11 is 6.40. The monoisotopic (exact) mass is 290 g/mol. The number of nitrogens with zero attached hydrogens (tertiary/aromatic N) is 1. The van der Waals surface area contributed by atoms with Crippen LogP contribution in [-0.2, 0) is 13.1 Å². The zero-order chi connectivity index (χ0) is 13.9. The lowest BCUT2D eigenvalue weighted by molar-refractivity contribution is 0.563. The molecule has 1 aromatic heterocycles. The van der Waals surface area contributed by atoms with E-state index < -0.39 is 0 Å². The van der Waals surface area contributed by atoms with Gasteiger partial charge in [-0.1, -0.05) is 17.7 Å². The third-order valence-electron chi connectivity index (χ3n) is 3.60. The summed E-state index contributed by atoms with van der Waals surface area (Å²) in [5.74, 6) is 0. The van der Waals surface area contributed by atoms with E-state index in [4.69, 9.17) is 16.0 Å². The molecule has 0 unspecified atom stereocenters. The Morgan fingerprint density at radius 2 is 2.15 bits per heavy atom. The molecule has 0 radical (unpaired) electrons. The van der Waals surface area contributed by atoms with Gasteiger partial charge in [0.15, 0.2) is 0 Å². The van der Waals surface area contributed by atoms with Crippen molar-refractivity contribution in [3.8, 4) is 0 Å². The third-order valence-corrected chi connectivity index (χ3v) is 3.90. The molecule has 4 heteroatoms. The highest BCUT2D eigenvalue weighted by atomic mass is 35.5. The van der Waals surface area contributed by atoms with Gasteiger partial charge in [0.1, 0.15) is 0 Å². The largest absolute Gasteiger partial charge is 0.472 e. The molecule has 1 heterocycles. The van der Waals surface area contributed by atoms with Crippen LogP contribution in [0.25, 0.3) is 0 Å². The van der Waals surface area contributed by atoms with Crippen molar-refractivity contribution in [1.29, 1.82) is 0 Å². The maximum absolute atomic E-state index is 6.40. The van der Waals surface area contributed by atoms with Crippen LogP contribution in [0, 0.1) is 0 Å². The predicted molar refractivity (Wildman–Crippen MR) is 82.1 cm³/mol. The number of nitrogens with one attached hydrogen (secondary N) is 1.